The number of nitrogens with zero attached hydrogens (tertiary/aromatic N) is 2. The van der Waals surface area contributed by atoms with Crippen molar-refractivity contribution in [3.8, 4) is 6.07 Å². The predicted molar refractivity (Wildman–Crippen MR) is 141 cm³/mol. The normalized spacial score (nSPS) is 16.2. The molecule has 0 radical (unpaired) electrons. The third kappa shape index (κ3) is 6.79. The van der Waals surface area contributed by atoms with Gasteiger partial charge in [-0.15, -0.1) is 0 Å². The molecule has 10 heteroatoms. The van der Waals surface area contributed by atoms with E-state index in [2.05, 4.69) is 5.32 Å². The highest BCUT2D eigenvalue weighted by Gasteiger charge is 2.47. The molecule has 1 fully saturated rings. The van der Waals surface area contributed by atoms with Crippen LogP contribution < -0.4 is 16.8 Å². The SMILES string of the molecule is CCc1ccc(NC(=O)OCC2(C(C(N)=O)c3ccccc3Cl)CCN(C(=O)C(N)CC#N)CC2)cc1. The Bertz CT molecular complexity index is 1160. The second-order valence-corrected chi connectivity index (χ2v) is 9.67. The molecule has 0 spiro atoms. The van der Waals surface area contributed by atoms with Gasteiger partial charge in [0.2, 0.25) is 11.8 Å². The summed E-state index contributed by atoms with van der Waals surface area (Å²) in [7, 11) is 0. The number of likely N-dealkylation sites (tertiary alicyclic amines) is 1. The van der Waals surface area contributed by atoms with Gasteiger partial charge in [-0.3, -0.25) is 14.9 Å². The van der Waals surface area contributed by atoms with Gasteiger partial charge in [0, 0.05) is 29.2 Å². The molecule has 9 nitrogen and oxygen atoms in total. The van der Waals surface area contributed by atoms with Gasteiger partial charge in [0.05, 0.1) is 24.4 Å². The lowest BCUT2D eigenvalue weighted by Gasteiger charge is -2.45. The van der Waals surface area contributed by atoms with Crippen molar-refractivity contribution in [2.24, 2.45) is 16.9 Å². The Balaban J connectivity index is 1.83. The summed E-state index contributed by atoms with van der Waals surface area (Å²) in [5.74, 6) is -1.80. The number of primary amides is 1. The minimum atomic E-state index is -0.922. The molecule has 0 saturated carbocycles. The number of anilines is 1. The van der Waals surface area contributed by atoms with Crippen LogP contribution in [-0.4, -0.2) is 48.5 Å². The smallest absolute Gasteiger partial charge is 0.411 e. The number of carbonyl (C=O) groups is 3. The van der Waals surface area contributed by atoms with E-state index in [1.165, 1.54) is 0 Å². The fourth-order valence-electron chi connectivity index (χ4n) is 4.79. The van der Waals surface area contributed by atoms with Crippen LogP contribution in [0.5, 0.6) is 0 Å². The summed E-state index contributed by atoms with van der Waals surface area (Å²) in [6.07, 6.45) is 0.752. The highest BCUT2D eigenvalue weighted by Crippen LogP contribution is 2.46. The third-order valence-corrected chi connectivity index (χ3v) is 7.26. The van der Waals surface area contributed by atoms with Gasteiger partial charge >= 0.3 is 6.09 Å². The Morgan fingerprint density at radius 1 is 1.16 bits per heavy atom. The molecule has 196 valence electrons. The number of benzene rings is 2. The van der Waals surface area contributed by atoms with Gasteiger partial charge in [-0.1, -0.05) is 48.9 Å². The second-order valence-electron chi connectivity index (χ2n) is 9.26. The first kappa shape index (κ1) is 28.0. The van der Waals surface area contributed by atoms with Crippen LogP contribution in [0.3, 0.4) is 0 Å². The molecule has 1 aliphatic rings. The second kappa shape index (κ2) is 12.6. The standard InChI is InChI=1S/C27H32ClN5O4/c1-2-18-7-9-19(10-8-18)32-26(36)37-17-27(23(24(31)34)20-5-3-4-6-21(20)28)12-15-33(16-13-27)25(35)22(30)11-14-29/h3-10,22-23H,2,11-13,15-17,30H2,1H3,(H2,31,34)(H,32,36). The van der Waals surface area contributed by atoms with Gasteiger partial charge in [0.15, 0.2) is 0 Å². The summed E-state index contributed by atoms with van der Waals surface area (Å²) in [6.45, 7) is 2.45. The van der Waals surface area contributed by atoms with E-state index in [9.17, 15) is 14.4 Å². The molecule has 0 aliphatic carbocycles. The number of nitrogens with two attached hydrogens (primary N) is 2. The molecular weight excluding hydrogens is 494 g/mol. The molecule has 2 unspecified atom stereocenters. The highest BCUT2D eigenvalue weighted by atomic mass is 35.5. The average Bonchev–Trinajstić information content (AvgIpc) is 2.89. The van der Waals surface area contributed by atoms with Crippen molar-refractivity contribution >= 4 is 35.2 Å². The van der Waals surface area contributed by atoms with Crippen molar-refractivity contribution in [3.05, 3.63) is 64.7 Å². The summed E-state index contributed by atoms with van der Waals surface area (Å²) in [4.78, 5) is 39.8. The zero-order valence-electron chi connectivity index (χ0n) is 20.8. The quantitative estimate of drug-likeness (QED) is 0.455. The van der Waals surface area contributed by atoms with Crippen molar-refractivity contribution in [1.29, 1.82) is 5.26 Å². The molecular formula is C27H32ClN5O4. The summed E-state index contributed by atoms with van der Waals surface area (Å²) in [5, 5.41) is 12.0. The van der Waals surface area contributed by atoms with Gasteiger partial charge in [-0.05, 0) is 48.6 Å². The number of hydrogen-bond acceptors (Lipinski definition) is 6. The summed E-state index contributed by atoms with van der Waals surface area (Å²) in [6, 6.07) is 15.3. The molecule has 0 aromatic heterocycles. The van der Waals surface area contributed by atoms with Crippen molar-refractivity contribution in [1.82, 2.24) is 4.90 Å². The van der Waals surface area contributed by atoms with E-state index >= 15 is 0 Å². The maximum atomic E-state index is 12.8. The summed E-state index contributed by atoms with van der Waals surface area (Å²) in [5.41, 5.74) is 13.1. The Hall–Kier alpha value is -3.61. The summed E-state index contributed by atoms with van der Waals surface area (Å²) < 4.78 is 5.65. The molecule has 1 heterocycles. The van der Waals surface area contributed by atoms with Crippen LogP contribution in [-0.2, 0) is 20.7 Å². The Morgan fingerprint density at radius 2 is 1.81 bits per heavy atom. The van der Waals surface area contributed by atoms with E-state index < -0.39 is 29.4 Å². The Kier molecular flexibility index (Phi) is 9.50. The van der Waals surface area contributed by atoms with Gasteiger partial charge in [0.25, 0.3) is 0 Å². The molecule has 1 aliphatic heterocycles. The number of halogens is 1. The van der Waals surface area contributed by atoms with E-state index in [0.717, 1.165) is 12.0 Å². The largest absolute Gasteiger partial charge is 0.449 e. The minimum Gasteiger partial charge on any atom is -0.449 e. The average molecular weight is 526 g/mol. The molecule has 2 aromatic rings. The first-order chi connectivity index (χ1) is 17.7. The number of rotatable bonds is 9. The lowest BCUT2D eigenvalue weighted by molar-refractivity contribution is -0.136. The van der Waals surface area contributed by atoms with Crippen molar-refractivity contribution < 1.29 is 19.1 Å². The molecule has 1 saturated heterocycles. The lowest BCUT2D eigenvalue weighted by atomic mass is 9.66. The van der Waals surface area contributed by atoms with Gasteiger partial charge in [-0.25, -0.2) is 4.79 Å². The van der Waals surface area contributed by atoms with Gasteiger partial charge < -0.3 is 21.1 Å². The van der Waals surface area contributed by atoms with Gasteiger partial charge in [0.1, 0.15) is 6.61 Å². The molecule has 3 rings (SSSR count). The maximum Gasteiger partial charge on any atom is 0.411 e. The zero-order valence-corrected chi connectivity index (χ0v) is 21.5. The van der Waals surface area contributed by atoms with Crippen molar-refractivity contribution in [3.63, 3.8) is 0 Å². The van der Waals surface area contributed by atoms with Crippen LogP contribution in [0.2, 0.25) is 5.02 Å². The number of piperidine rings is 1. The Morgan fingerprint density at radius 3 is 2.38 bits per heavy atom. The number of nitrogens with one attached hydrogen (secondary N) is 1. The van der Waals surface area contributed by atoms with Crippen LogP contribution in [0.1, 0.15) is 43.2 Å². The number of nitriles is 1. The zero-order chi connectivity index (χ0) is 27.0. The van der Waals surface area contributed by atoms with Crippen LogP contribution in [0.4, 0.5) is 10.5 Å². The molecule has 0 bridgehead atoms. The number of hydrogen-bond donors (Lipinski definition) is 3. The molecule has 2 aromatic carbocycles. The molecule has 37 heavy (non-hydrogen) atoms. The van der Waals surface area contributed by atoms with Crippen molar-refractivity contribution in [2.45, 2.75) is 44.6 Å². The number of ether oxygens (including phenoxy) is 1. The van der Waals surface area contributed by atoms with Crippen molar-refractivity contribution in [2.75, 3.05) is 25.0 Å². The fourth-order valence-corrected chi connectivity index (χ4v) is 5.03. The maximum absolute atomic E-state index is 12.8. The van der Waals surface area contributed by atoms with Gasteiger partial charge in [-0.2, -0.15) is 5.26 Å². The Labute approximate surface area is 221 Å². The van der Waals surface area contributed by atoms with E-state index in [4.69, 9.17) is 33.1 Å². The molecule has 5 N–H and O–H groups in total. The third-order valence-electron chi connectivity index (χ3n) is 6.91. The predicted octanol–water partition coefficient (Wildman–Crippen LogP) is 3.57. The summed E-state index contributed by atoms with van der Waals surface area (Å²) >= 11 is 6.45. The lowest BCUT2D eigenvalue weighted by Crippen LogP contribution is -2.53. The van der Waals surface area contributed by atoms with Crippen LogP contribution in [0.25, 0.3) is 0 Å². The number of aryl methyl sites for hydroxylation is 1. The number of amides is 3. The van der Waals surface area contributed by atoms with Crippen LogP contribution in [0.15, 0.2) is 48.5 Å². The first-order valence-corrected chi connectivity index (χ1v) is 12.6. The minimum absolute atomic E-state index is 0.0907. The monoisotopic (exact) mass is 525 g/mol. The number of carbonyl (C=O) groups excluding carboxylic acids is 3. The van der Waals surface area contributed by atoms with E-state index in [0.29, 0.717) is 29.1 Å². The van der Waals surface area contributed by atoms with E-state index in [-0.39, 0.29) is 32.0 Å². The van der Waals surface area contributed by atoms with E-state index in [1.807, 2.05) is 25.1 Å². The topological polar surface area (TPSA) is 152 Å². The van der Waals surface area contributed by atoms with Crippen LogP contribution >= 0.6 is 11.6 Å². The fraction of sp³-hybridized carbons (Fsp3) is 0.407. The molecule has 2 atom stereocenters. The van der Waals surface area contributed by atoms with E-state index in [1.54, 1.807) is 41.3 Å². The van der Waals surface area contributed by atoms with Crippen LogP contribution in [0, 0.1) is 16.7 Å². The highest BCUT2D eigenvalue weighted by molar-refractivity contribution is 6.31. The first-order valence-electron chi connectivity index (χ1n) is 12.2. The molecule has 3 amide bonds.